The van der Waals surface area contributed by atoms with Crippen molar-refractivity contribution in [3.63, 3.8) is 0 Å². The summed E-state index contributed by atoms with van der Waals surface area (Å²) in [5.74, 6) is 0.270. The van der Waals surface area contributed by atoms with Crippen LogP contribution in [-0.4, -0.2) is 56.5 Å². The lowest BCUT2D eigenvalue weighted by Crippen LogP contribution is -2.56. The Bertz CT molecular complexity index is 953. The van der Waals surface area contributed by atoms with Gasteiger partial charge in [-0.05, 0) is 37.9 Å². The van der Waals surface area contributed by atoms with Gasteiger partial charge in [-0.3, -0.25) is 4.79 Å². The zero-order valence-corrected chi connectivity index (χ0v) is 18.5. The largest absolute Gasteiger partial charge is 0.371 e. The molecule has 2 atom stereocenters. The third kappa shape index (κ3) is 3.13. The summed E-state index contributed by atoms with van der Waals surface area (Å²) in [5.41, 5.74) is 6.63. The van der Waals surface area contributed by atoms with Crippen LogP contribution < -0.4 is 9.80 Å². The fraction of sp³-hybridized carbons (Fsp3) is 0.500. The molecular weight excluding hydrogens is 370 g/mol. The number of Topliss-reactive ketones (excluding diaryl/α,β-unsaturated/α-hetero) is 1. The molecule has 0 unspecified atom stereocenters. The molecule has 0 radical (unpaired) electrons. The lowest BCUT2D eigenvalue weighted by molar-refractivity contribution is 0.0963. The fourth-order valence-corrected chi connectivity index (χ4v) is 5.98. The van der Waals surface area contributed by atoms with Gasteiger partial charge in [0.2, 0.25) is 0 Å². The van der Waals surface area contributed by atoms with Crippen LogP contribution >= 0.6 is 0 Å². The van der Waals surface area contributed by atoms with Crippen molar-refractivity contribution in [2.75, 3.05) is 49.6 Å². The van der Waals surface area contributed by atoms with Crippen LogP contribution in [0.5, 0.6) is 0 Å². The summed E-state index contributed by atoms with van der Waals surface area (Å²) in [6, 6.07) is 15.5. The van der Waals surface area contributed by atoms with E-state index >= 15 is 0 Å². The highest BCUT2D eigenvalue weighted by atomic mass is 16.1. The first-order valence-electron chi connectivity index (χ1n) is 11.4. The van der Waals surface area contributed by atoms with Crippen LogP contribution in [0.2, 0.25) is 0 Å². The number of hydrogen-bond donors (Lipinski definition) is 0. The normalized spacial score (nSPS) is 25.2. The first kappa shape index (κ1) is 19.6. The molecule has 0 aliphatic carbocycles. The average molecular weight is 404 g/mol. The molecule has 4 nitrogen and oxygen atoms in total. The highest BCUT2D eigenvalue weighted by Gasteiger charge is 2.52. The molecule has 158 valence electrons. The van der Waals surface area contributed by atoms with Crippen LogP contribution in [0.25, 0.3) is 0 Å². The molecule has 0 bridgehead atoms. The Morgan fingerprint density at radius 2 is 1.90 bits per heavy atom. The summed E-state index contributed by atoms with van der Waals surface area (Å²) < 4.78 is 0. The average Bonchev–Trinajstić information content (AvgIpc) is 3.00. The van der Waals surface area contributed by atoms with Crippen molar-refractivity contribution < 1.29 is 4.79 Å². The van der Waals surface area contributed by atoms with E-state index in [1.165, 1.54) is 28.9 Å². The van der Waals surface area contributed by atoms with Crippen molar-refractivity contribution >= 4 is 17.2 Å². The van der Waals surface area contributed by atoms with E-state index in [1.54, 1.807) is 0 Å². The number of anilines is 2. The summed E-state index contributed by atoms with van der Waals surface area (Å²) in [6.45, 7) is 9.99. The second kappa shape index (κ2) is 7.42. The van der Waals surface area contributed by atoms with Crippen LogP contribution in [0.3, 0.4) is 0 Å². The molecule has 0 amide bonds. The third-order valence-corrected chi connectivity index (χ3v) is 7.64. The Labute approximate surface area is 180 Å². The number of ketones is 1. The maximum atomic E-state index is 12.5. The zero-order chi connectivity index (χ0) is 20.9. The molecule has 30 heavy (non-hydrogen) atoms. The number of aryl methyl sites for hydroxylation is 1. The molecule has 4 heteroatoms. The SMILES string of the molecule is Cc1ccc(C(=O)CCCN2CC[C@@H]3N4CCN(C)c5cccc(c54)[C@]3(C)C2)cc1. The van der Waals surface area contributed by atoms with E-state index in [-0.39, 0.29) is 11.2 Å². The maximum Gasteiger partial charge on any atom is 0.162 e. The Balaban J connectivity index is 1.26. The zero-order valence-electron chi connectivity index (χ0n) is 18.5. The van der Waals surface area contributed by atoms with Crippen LogP contribution in [0.15, 0.2) is 42.5 Å². The van der Waals surface area contributed by atoms with E-state index in [1.807, 2.05) is 24.3 Å². The van der Waals surface area contributed by atoms with Gasteiger partial charge in [-0.25, -0.2) is 0 Å². The molecule has 2 aromatic rings. The van der Waals surface area contributed by atoms with Crippen molar-refractivity contribution in [3.8, 4) is 0 Å². The molecule has 0 aromatic heterocycles. The predicted octanol–water partition coefficient (Wildman–Crippen LogP) is 4.26. The number of hydrogen-bond acceptors (Lipinski definition) is 4. The van der Waals surface area contributed by atoms with Gasteiger partial charge in [0.05, 0.1) is 11.4 Å². The number of likely N-dealkylation sites (N-methyl/N-ethyl adjacent to an activating group) is 1. The van der Waals surface area contributed by atoms with Crippen molar-refractivity contribution in [2.24, 2.45) is 0 Å². The van der Waals surface area contributed by atoms with Crippen LogP contribution in [0, 0.1) is 6.92 Å². The third-order valence-electron chi connectivity index (χ3n) is 7.64. The van der Waals surface area contributed by atoms with Crippen LogP contribution in [0.1, 0.15) is 47.7 Å². The molecule has 1 saturated heterocycles. The smallest absolute Gasteiger partial charge is 0.162 e. The van der Waals surface area contributed by atoms with Gasteiger partial charge in [-0.1, -0.05) is 48.9 Å². The van der Waals surface area contributed by atoms with Crippen LogP contribution in [0.4, 0.5) is 11.4 Å². The Kier molecular flexibility index (Phi) is 4.85. The van der Waals surface area contributed by atoms with Crippen molar-refractivity contribution in [3.05, 3.63) is 59.2 Å². The van der Waals surface area contributed by atoms with E-state index in [2.05, 4.69) is 53.8 Å². The van der Waals surface area contributed by atoms with E-state index in [0.717, 1.165) is 44.7 Å². The Hall–Kier alpha value is -2.33. The number of para-hydroxylation sites is 1. The number of benzene rings is 2. The lowest BCUT2D eigenvalue weighted by Gasteiger charge is -2.46. The van der Waals surface area contributed by atoms with Gasteiger partial charge in [-0.15, -0.1) is 0 Å². The van der Waals surface area contributed by atoms with Crippen molar-refractivity contribution in [1.82, 2.24) is 4.90 Å². The lowest BCUT2D eigenvalue weighted by atomic mass is 9.74. The molecule has 3 heterocycles. The summed E-state index contributed by atoms with van der Waals surface area (Å²) in [4.78, 5) is 20.2. The summed E-state index contributed by atoms with van der Waals surface area (Å²) in [5, 5.41) is 0. The molecule has 1 fully saturated rings. The highest BCUT2D eigenvalue weighted by Crippen LogP contribution is 2.53. The van der Waals surface area contributed by atoms with E-state index < -0.39 is 0 Å². The Morgan fingerprint density at radius 1 is 1.10 bits per heavy atom. The topological polar surface area (TPSA) is 26.8 Å². The number of nitrogens with zero attached hydrogens (tertiary/aromatic N) is 3. The van der Waals surface area contributed by atoms with Gasteiger partial charge < -0.3 is 14.7 Å². The van der Waals surface area contributed by atoms with Gasteiger partial charge in [0.1, 0.15) is 0 Å². The molecule has 3 aliphatic rings. The number of likely N-dealkylation sites (tertiary alicyclic amines) is 1. The molecule has 3 aliphatic heterocycles. The van der Waals surface area contributed by atoms with Gasteiger partial charge in [-0.2, -0.15) is 0 Å². The van der Waals surface area contributed by atoms with Gasteiger partial charge in [0, 0.05) is 56.7 Å². The minimum Gasteiger partial charge on any atom is -0.371 e. The van der Waals surface area contributed by atoms with Gasteiger partial charge >= 0.3 is 0 Å². The number of piperidine rings is 1. The van der Waals surface area contributed by atoms with Crippen molar-refractivity contribution in [2.45, 2.75) is 44.6 Å². The minimum atomic E-state index is 0.176. The van der Waals surface area contributed by atoms with Crippen LogP contribution in [-0.2, 0) is 5.41 Å². The molecule has 2 aromatic carbocycles. The first-order chi connectivity index (χ1) is 14.5. The number of fused-ring (bicyclic) bond motifs is 3. The fourth-order valence-electron chi connectivity index (χ4n) is 5.98. The quantitative estimate of drug-likeness (QED) is 0.697. The molecule has 0 saturated carbocycles. The summed E-state index contributed by atoms with van der Waals surface area (Å²) >= 11 is 0. The molecule has 0 spiro atoms. The first-order valence-corrected chi connectivity index (χ1v) is 11.4. The second-order valence-corrected chi connectivity index (χ2v) is 9.68. The Morgan fingerprint density at radius 3 is 2.70 bits per heavy atom. The molecule has 5 rings (SSSR count). The number of rotatable bonds is 5. The van der Waals surface area contributed by atoms with Gasteiger partial charge in [0.25, 0.3) is 0 Å². The minimum absolute atomic E-state index is 0.176. The predicted molar refractivity (Wildman–Crippen MR) is 124 cm³/mol. The number of carbonyl (C=O) groups is 1. The second-order valence-electron chi connectivity index (χ2n) is 9.68. The summed E-state index contributed by atoms with van der Waals surface area (Å²) in [6.07, 6.45) is 2.78. The monoisotopic (exact) mass is 403 g/mol. The van der Waals surface area contributed by atoms with E-state index in [4.69, 9.17) is 0 Å². The van der Waals surface area contributed by atoms with Gasteiger partial charge in [0.15, 0.2) is 5.78 Å². The maximum absolute atomic E-state index is 12.5. The highest BCUT2D eigenvalue weighted by molar-refractivity contribution is 5.96. The van der Waals surface area contributed by atoms with Crippen molar-refractivity contribution in [1.29, 1.82) is 0 Å². The summed E-state index contributed by atoms with van der Waals surface area (Å²) in [7, 11) is 2.22. The van der Waals surface area contributed by atoms with E-state index in [0.29, 0.717) is 12.5 Å². The molecular formula is C26H33N3O. The number of carbonyl (C=O) groups excluding carboxylic acids is 1. The standard InChI is InChI=1S/C26H33N3O/c1-19-9-11-20(12-10-19)23(30)8-5-14-28-15-13-24-26(2,18-28)21-6-4-7-22-25(21)29(24)17-16-27(22)3/h4,6-7,9-12,24H,5,8,13-18H2,1-3H3/t24-,26-/m0/s1. The van der Waals surface area contributed by atoms with E-state index in [9.17, 15) is 4.79 Å². The molecule has 0 N–H and O–H groups in total.